The summed E-state index contributed by atoms with van der Waals surface area (Å²) in [4.78, 5) is 0. The van der Waals surface area contributed by atoms with E-state index in [0.717, 1.165) is 12.1 Å². The summed E-state index contributed by atoms with van der Waals surface area (Å²) in [5.74, 6) is 0.269. The van der Waals surface area contributed by atoms with Gasteiger partial charge in [0.1, 0.15) is 5.75 Å². The molecular formula is C12H18ClNO. The highest BCUT2D eigenvalue weighted by atomic mass is 35.5. The first-order valence-electron chi connectivity index (χ1n) is 5.42. The second kappa shape index (κ2) is 6.70. The minimum atomic E-state index is 0.269. The Kier molecular flexibility index (Phi) is 5.51. The van der Waals surface area contributed by atoms with Crippen molar-refractivity contribution in [3.63, 3.8) is 0 Å². The van der Waals surface area contributed by atoms with Crippen LogP contribution < -0.4 is 5.32 Å². The van der Waals surface area contributed by atoms with Gasteiger partial charge in [0.15, 0.2) is 0 Å². The fraction of sp³-hybridized carbons (Fsp3) is 0.500. The van der Waals surface area contributed by atoms with Gasteiger partial charge in [-0.3, -0.25) is 0 Å². The molecule has 0 radical (unpaired) electrons. The summed E-state index contributed by atoms with van der Waals surface area (Å²) >= 11 is 5.97. The zero-order valence-electron chi connectivity index (χ0n) is 9.09. The van der Waals surface area contributed by atoms with Gasteiger partial charge in [-0.05, 0) is 25.1 Å². The Bertz CT molecular complexity index is 281. The number of benzene rings is 1. The van der Waals surface area contributed by atoms with E-state index in [9.17, 15) is 5.11 Å². The quantitative estimate of drug-likeness (QED) is 0.731. The van der Waals surface area contributed by atoms with E-state index in [1.54, 1.807) is 18.2 Å². The molecule has 0 unspecified atom stereocenters. The van der Waals surface area contributed by atoms with E-state index in [1.807, 2.05) is 0 Å². The van der Waals surface area contributed by atoms with Crippen LogP contribution in [0, 0.1) is 0 Å². The first-order chi connectivity index (χ1) is 7.25. The van der Waals surface area contributed by atoms with Crippen molar-refractivity contribution in [1.82, 2.24) is 5.32 Å². The van der Waals surface area contributed by atoms with Gasteiger partial charge >= 0.3 is 0 Å². The van der Waals surface area contributed by atoms with Crippen molar-refractivity contribution in [2.45, 2.75) is 32.7 Å². The molecule has 1 aromatic rings. The molecule has 0 saturated carbocycles. The van der Waals surface area contributed by atoms with Crippen molar-refractivity contribution < 1.29 is 5.11 Å². The summed E-state index contributed by atoms with van der Waals surface area (Å²) < 4.78 is 0. The number of hydrogen-bond donors (Lipinski definition) is 2. The lowest BCUT2D eigenvalue weighted by Gasteiger charge is -2.08. The first kappa shape index (κ1) is 12.3. The van der Waals surface area contributed by atoms with Crippen LogP contribution in [0.5, 0.6) is 5.75 Å². The predicted molar refractivity (Wildman–Crippen MR) is 64.3 cm³/mol. The van der Waals surface area contributed by atoms with Crippen LogP contribution in [0.3, 0.4) is 0 Å². The van der Waals surface area contributed by atoms with Crippen molar-refractivity contribution in [3.8, 4) is 5.75 Å². The van der Waals surface area contributed by atoms with Crippen LogP contribution >= 0.6 is 11.6 Å². The molecule has 0 spiro atoms. The topological polar surface area (TPSA) is 32.3 Å². The largest absolute Gasteiger partial charge is 0.508 e. The summed E-state index contributed by atoms with van der Waals surface area (Å²) in [6, 6.07) is 5.21. The molecule has 0 aromatic heterocycles. The van der Waals surface area contributed by atoms with Crippen LogP contribution in [0.2, 0.25) is 5.02 Å². The monoisotopic (exact) mass is 227 g/mol. The van der Waals surface area contributed by atoms with Crippen molar-refractivity contribution in [2.24, 2.45) is 0 Å². The van der Waals surface area contributed by atoms with E-state index in [1.165, 1.54) is 19.3 Å². The van der Waals surface area contributed by atoms with Crippen molar-refractivity contribution in [3.05, 3.63) is 28.8 Å². The zero-order valence-corrected chi connectivity index (χ0v) is 9.85. The number of rotatable bonds is 6. The van der Waals surface area contributed by atoms with Gasteiger partial charge in [0, 0.05) is 17.1 Å². The number of aromatic hydroxyl groups is 1. The molecule has 0 amide bonds. The van der Waals surface area contributed by atoms with Crippen LogP contribution in [0.1, 0.15) is 31.7 Å². The maximum atomic E-state index is 9.57. The van der Waals surface area contributed by atoms with Crippen LogP contribution in [-0.2, 0) is 6.54 Å². The lowest BCUT2D eigenvalue weighted by Crippen LogP contribution is -2.14. The molecule has 1 aromatic carbocycles. The summed E-state index contributed by atoms with van der Waals surface area (Å²) in [6.45, 7) is 3.79. The van der Waals surface area contributed by atoms with Crippen LogP contribution in [0.4, 0.5) is 0 Å². The van der Waals surface area contributed by atoms with Gasteiger partial charge < -0.3 is 10.4 Å². The molecule has 2 N–H and O–H groups in total. The van der Waals surface area contributed by atoms with E-state index in [4.69, 9.17) is 11.6 Å². The Morgan fingerprint density at radius 3 is 2.80 bits per heavy atom. The standard InChI is InChI=1S/C12H18ClNO/c1-2-3-4-8-14-9-10-11(13)6-5-7-12(10)15/h5-7,14-15H,2-4,8-9H2,1H3. The molecule has 84 valence electrons. The smallest absolute Gasteiger partial charge is 0.121 e. The molecule has 2 nitrogen and oxygen atoms in total. The Labute approximate surface area is 96.3 Å². The Hall–Kier alpha value is -0.730. The minimum absolute atomic E-state index is 0.269. The lowest BCUT2D eigenvalue weighted by molar-refractivity contribution is 0.464. The fourth-order valence-electron chi connectivity index (χ4n) is 1.44. The number of phenols is 1. The van der Waals surface area contributed by atoms with E-state index in [0.29, 0.717) is 11.6 Å². The summed E-state index contributed by atoms with van der Waals surface area (Å²) in [7, 11) is 0. The number of nitrogens with one attached hydrogen (secondary N) is 1. The van der Waals surface area contributed by atoms with Crippen LogP contribution in [0.15, 0.2) is 18.2 Å². The molecule has 0 bridgehead atoms. The third kappa shape index (κ3) is 4.10. The third-order valence-corrected chi connectivity index (χ3v) is 2.71. The van der Waals surface area contributed by atoms with E-state index < -0.39 is 0 Å². The SMILES string of the molecule is CCCCCNCc1c(O)cccc1Cl. The molecule has 0 aliphatic rings. The highest BCUT2D eigenvalue weighted by Crippen LogP contribution is 2.24. The molecule has 0 atom stereocenters. The van der Waals surface area contributed by atoms with E-state index in [2.05, 4.69) is 12.2 Å². The first-order valence-corrected chi connectivity index (χ1v) is 5.80. The zero-order chi connectivity index (χ0) is 11.1. The maximum absolute atomic E-state index is 9.57. The number of unbranched alkanes of at least 4 members (excludes halogenated alkanes) is 2. The molecule has 0 aliphatic heterocycles. The molecule has 0 fully saturated rings. The molecule has 0 saturated heterocycles. The van der Waals surface area contributed by atoms with Gasteiger partial charge in [-0.2, -0.15) is 0 Å². The van der Waals surface area contributed by atoms with Crippen LogP contribution in [-0.4, -0.2) is 11.7 Å². The fourth-order valence-corrected chi connectivity index (χ4v) is 1.67. The Balaban J connectivity index is 2.37. The minimum Gasteiger partial charge on any atom is -0.508 e. The number of hydrogen-bond acceptors (Lipinski definition) is 2. The van der Waals surface area contributed by atoms with E-state index in [-0.39, 0.29) is 5.75 Å². The average molecular weight is 228 g/mol. The van der Waals surface area contributed by atoms with Gasteiger partial charge in [-0.15, -0.1) is 0 Å². The molecular weight excluding hydrogens is 210 g/mol. The summed E-state index contributed by atoms with van der Waals surface area (Å²) in [5, 5.41) is 13.5. The Morgan fingerprint density at radius 2 is 2.13 bits per heavy atom. The summed E-state index contributed by atoms with van der Waals surface area (Å²) in [6.07, 6.45) is 3.63. The van der Waals surface area contributed by atoms with E-state index >= 15 is 0 Å². The average Bonchev–Trinajstić information content (AvgIpc) is 2.21. The molecule has 0 aliphatic carbocycles. The molecule has 0 heterocycles. The third-order valence-electron chi connectivity index (χ3n) is 2.35. The van der Waals surface area contributed by atoms with Gasteiger partial charge in [0.25, 0.3) is 0 Å². The van der Waals surface area contributed by atoms with Crippen molar-refractivity contribution in [1.29, 1.82) is 0 Å². The highest BCUT2D eigenvalue weighted by molar-refractivity contribution is 6.31. The highest BCUT2D eigenvalue weighted by Gasteiger charge is 2.04. The normalized spacial score (nSPS) is 10.5. The molecule has 1 rings (SSSR count). The van der Waals surface area contributed by atoms with Crippen molar-refractivity contribution >= 4 is 11.6 Å². The van der Waals surface area contributed by atoms with Gasteiger partial charge in [0.05, 0.1) is 0 Å². The lowest BCUT2D eigenvalue weighted by atomic mass is 10.2. The second-order valence-corrected chi connectivity index (χ2v) is 4.03. The molecule has 15 heavy (non-hydrogen) atoms. The predicted octanol–water partition coefficient (Wildman–Crippen LogP) is 3.33. The number of phenolic OH excluding ortho intramolecular Hbond substituents is 1. The van der Waals surface area contributed by atoms with Gasteiger partial charge in [0.2, 0.25) is 0 Å². The van der Waals surface area contributed by atoms with Crippen molar-refractivity contribution in [2.75, 3.05) is 6.54 Å². The van der Waals surface area contributed by atoms with Gasteiger partial charge in [-0.1, -0.05) is 37.4 Å². The summed E-state index contributed by atoms with van der Waals surface area (Å²) in [5.41, 5.74) is 0.788. The molecule has 3 heteroatoms. The maximum Gasteiger partial charge on any atom is 0.121 e. The van der Waals surface area contributed by atoms with Gasteiger partial charge in [-0.25, -0.2) is 0 Å². The second-order valence-electron chi connectivity index (χ2n) is 3.62. The Morgan fingerprint density at radius 1 is 1.33 bits per heavy atom. The number of halogens is 1. The van der Waals surface area contributed by atoms with Crippen LogP contribution in [0.25, 0.3) is 0 Å².